The molecular weight excluding hydrogens is 342 g/mol. The van der Waals surface area contributed by atoms with E-state index in [0.29, 0.717) is 24.4 Å². The summed E-state index contributed by atoms with van der Waals surface area (Å²) in [4.78, 5) is 13.1. The molecule has 1 atom stereocenters. The fraction of sp³-hybridized carbons (Fsp3) is 0.316. The molecule has 0 radical (unpaired) electrons. The van der Waals surface area contributed by atoms with Crippen molar-refractivity contribution in [2.24, 2.45) is 0 Å². The summed E-state index contributed by atoms with van der Waals surface area (Å²) in [5.74, 6) is 0.906. The number of carbonyl (C=O) groups is 1. The number of nitrogens with one attached hydrogen (secondary N) is 1. The lowest BCUT2D eigenvalue weighted by atomic mass is 9.96. The zero-order valence-electron chi connectivity index (χ0n) is 13.5. The summed E-state index contributed by atoms with van der Waals surface area (Å²) in [6.45, 7) is 0.664. The minimum Gasteiger partial charge on any atom is -0.396 e. The smallest absolute Gasteiger partial charge is 0.220 e. The van der Waals surface area contributed by atoms with Gasteiger partial charge in [-0.2, -0.15) is 0 Å². The summed E-state index contributed by atoms with van der Waals surface area (Å²) >= 11 is 7.49. The van der Waals surface area contributed by atoms with Crippen LogP contribution in [0.25, 0.3) is 0 Å². The van der Waals surface area contributed by atoms with E-state index >= 15 is 0 Å². The van der Waals surface area contributed by atoms with E-state index in [2.05, 4.69) is 5.32 Å². The number of aliphatic hydroxyl groups excluding tert-OH is 1. The molecule has 0 aromatic heterocycles. The summed E-state index contributed by atoms with van der Waals surface area (Å²) in [6.07, 6.45) is 1.11. The van der Waals surface area contributed by atoms with Gasteiger partial charge in [0.1, 0.15) is 0 Å². The van der Waals surface area contributed by atoms with Crippen LogP contribution in [0.15, 0.2) is 59.5 Å². The molecule has 0 saturated carbocycles. The fourth-order valence-electron chi connectivity index (χ4n) is 2.39. The molecule has 2 aromatic rings. The average Bonchev–Trinajstić information content (AvgIpc) is 2.61. The summed E-state index contributed by atoms with van der Waals surface area (Å²) in [5, 5.41) is 12.9. The maximum atomic E-state index is 12.0. The summed E-state index contributed by atoms with van der Waals surface area (Å²) in [7, 11) is 0. The lowest BCUT2D eigenvalue weighted by Crippen LogP contribution is -2.29. The van der Waals surface area contributed by atoms with Gasteiger partial charge in [0, 0.05) is 41.2 Å². The summed E-state index contributed by atoms with van der Waals surface area (Å²) in [6, 6.07) is 17.6. The van der Waals surface area contributed by atoms with Crippen LogP contribution in [0, 0.1) is 0 Å². The minimum absolute atomic E-state index is 0.0373. The van der Waals surface area contributed by atoms with Gasteiger partial charge in [0.2, 0.25) is 5.91 Å². The number of hydrogen-bond donors (Lipinski definition) is 2. The van der Waals surface area contributed by atoms with Crippen LogP contribution in [0.1, 0.15) is 24.3 Å². The minimum atomic E-state index is 0.0373. The van der Waals surface area contributed by atoms with Gasteiger partial charge in [-0.25, -0.2) is 0 Å². The largest absolute Gasteiger partial charge is 0.396 e. The van der Waals surface area contributed by atoms with Crippen LogP contribution in [0.3, 0.4) is 0 Å². The molecule has 0 saturated heterocycles. The molecule has 1 unspecified atom stereocenters. The van der Waals surface area contributed by atoms with E-state index in [1.807, 2.05) is 54.6 Å². The van der Waals surface area contributed by atoms with Gasteiger partial charge >= 0.3 is 0 Å². The molecular formula is C19H22ClNO2S. The van der Waals surface area contributed by atoms with E-state index < -0.39 is 0 Å². The van der Waals surface area contributed by atoms with Crippen molar-refractivity contribution in [1.29, 1.82) is 0 Å². The van der Waals surface area contributed by atoms with E-state index in [0.717, 1.165) is 16.2 Å². The summed E-state index contributed by atoms with van der Waals surface area (Å²) < 4.78 is 0. The first-order valence-corrected chi connectivity index (χ1v) is 9.36. The van der Waals surface area contributed by atoms with Crippen molar-refractivity contribution in [2.75, 3.05) is 18.9 Å². The Kier molecular flexibility index (Phi) is 8.16. The van der Waals surface area contributed by atoms with Crippen molar-refractivity contribution in [3.05, 3.63) is 65.2 Å². The van der Waals surface area contributed by atoms with Crippen molar-refractivity contribution in [3.8, 4) is 0 Å². The van der Waals surface area contributed by atoms with Crippen LogP contribution < -0.4 is 5.32 Å². The van der Waals surface area contributed by atoms with E-state index in [4.69, 9.17) is 11.6 Å². The number of rotatable bonds is 9. The molecule has 0 spiro atoms. The number of thioether (sulfide) groups is 1. The van der Waals surface area contributed by atoms with Crippen molar-refractivity contribution in [2.45, 2.75) is 23.7 Å². The zero-order valence-corrected chi connectivity index (χ0v) is 15.0. The highest BCUT2D eigenvalue weighted by Crippen LogP contribution is 2.21. The second-order valence-electron chi connectivity index (χ2n) is 5.48. The second kappa shape index (κ2) is 10.4. The van der Waals surface area contributed by atoms with Crippen LogP contribution in [0.4, 0.5) is 0 Å². The van der Waals surface area contributed by atoms with Gasteiger partial charge < -0.3 is 10.4 Å². The predicted molar refractivity (Wildman–Crippen MR) is 101 cm³/mol. The quantitative estimate of drug-likeness (QED) is 0.659. The fourth-order valence-corrected chi connectivity index (χ4v) is 3.36. The lowest BCUT2D eigenvalue weighted by molar-refractivity contribution is -0.120. The average molecular weight is 364 g/mol. The molecule has 3 nitrogen and oxygen atoms in total. The number of hydrogen-bond acceptors (Lipinski definition) is 3. The topological polar surface area (TPSA) is 49.3 Å². The van der Waals surface area contributed by atoms with Gasteiger partial charge in [-0.3, -0.25) is 4.79 Å². The number of halogens is 1. The molecule has 128 valence electrons. The Morgan fingerprint density at radius 1 is 1.12 bits per heavy atom. The van der Waals surface area contributed by atoms with Gasteiger partial charge in [-0.05, 0) is 36.2 Å². The van der Waals surface area contributed by atoms with E-state index in [1.165, 1.54) is 0 Å². The SMILES string of the molecule is O=C(CCSc1ccc(Cl)cc1)NCC(CCO)c1ccccc1. The molecule has 24 heavy (non-hydrogen) atoms. The summed E-state index contributed by atoms with van der Waals surface area (Å²) in [5.41, 5.74) is 1.14. The molecule has 0 fully saturated rings. The Balaban J connectivity index is 1.73. The van der Waals surface area contributed by atoms with Gasteiger partial charge in [0.25, 0.3) is 0 Å². The third kappa shape index (κ3) is 6.56. The third-order valence-corrected chi connectivity index (χ3v) is 4.97. The Labute approximate surface area is 152 Å². The normalized spacial score (nSPS) is 11.9. The van der Waals surface area contributed by atoms with Crippen molar-refractivity contribution < 1.29 is 9.90 Å². The van der Waals surface area contributed by atoms with Crippen LogP contribution in [-0.4, -0.2) is 29.9 Å². The number of aliphatic hydroxyl groups is 1. The van der Waals surface area contributed by atoms with Gasteiger partial charge in [0.15, 0.2) is 0 Å². The van der Waals surface area contributed by atoms with E-state index in [1.54, 1.807) is 11.8 Å². The maximum Gasteiger partial charge on any atom is 0.220 e. The number of amides is 1. The monoisotopic (exact) mass is 363 g/mol. The molecule has 0 aliphatic rings. The number of benzene rings is 2. The Morgan fingerprint density at radius 3 is 2.50 bits per heavy atom. The van der Waals surface area contributed by atoms with Gasteiger partial charge in [-0.15, -0.1) is 11.8 Å². The molecule has 0 heterocycles. The molecule has 5 heteroatoms. The van der Waals surface area contributed by atoms with Crippen LogP contribution in [0.5, 0.6) is 0 Å². The Morgan fingerprint density at radius 2 is 1.83 bits per heavy atom. The van der Waals surface area contributed by atoms with Gasteiger partial charge in [0.05, 0.1) is 0 Å². The molecule has 2 rings (SSSR count). The predicted octanol–water partition coefficient (Wildman–Crippen LogP) is 4.10. The van der Waals surface area contributed by atoms with E-state index in [-0.39, 0.29) is 18.4 Å². The van der Waals surface area contributed by atoms with Crippen LogP contribution >= 0.6 is 23.4 Å². The van der Waals surface area contributed by atoms with Crippen molar-refractivity contribution in [3.63, 3.8) is 0 Å². The van der Waals surface area contributed by atoms with Crippen molar-refractivity contribution in [1.82, 2.24) is 5.32 Å². The van der Waals surface area contributed by atoms with Crippen LogP contribution in [0.2, 0.25) is 5.02 Å². The molecule has 2 aromatic carbocycles. The van der Waals surface area contributed by atoms with Crippen LogP contribution in [-0.2, 0) is 4.79 Å². The molecule has 0 bridgehead atoms. The standard InChI is InChI=1S/C19H22ClNO2S/c20-17-6-8-18(9-7-17)24-13-11-19(23)21-14-16(10-12-22)15-4-2-1-3-5-15/h1-9,16,22H,10-14H2,(H,21,23). The maximum absolute atomic E-state index is 12.0. The first-order valence-electron chi connectivity index (χ1n) is 8.00. The van der Waals surface area contributed by atoms with E-state index in [9.17, 15) is 9.90 Å². The zero-order chi connectivity index (χ0) is 17.2. The first kappa shape index (κ1) is 18.8. The molecule has 2 N–H and O–H groups in total. The lowest BCUT2D eigenvalue weighted by Gasteiger charge is -2.17. The van der Waals surface area contributed by atoms with Crippen molar-refractivity contribution >= 4 is 29.3 Å². The first-order chi connectivity index (χ1) is 11.7. The third-order valence-electron chi connectivity index (χ3n) is 3.71. The number of carbonyl (C=O) groups excluding carboxylic acids is 1. The Hall–Kier alpha value is -1.49. The highest BCUT2D eigenvalue weighted by atomic mass is 35.5. The second-order valence-corrected chi connectivity index (χ2v) is 7.08. The Bertz CT molecular complexity index is 619. The molecule has 1 amide bonds. The molecule has 0 aliphatic carbocycles. The highest BCUT2D eigenvalue weighted by Gasteiger charge is 2.12. The molecule has 0 aliphatic heterocycles. The van der Waals surface area contributed by atoms with Gasteiger partial charge in [-0.1, -0.05) is 41.9 Å². The highest BCUT2D eigenvalue weighted by molar-refractivity contribution is 7.99.